The monoisotopic (exact) mass is 223 g/mol. The lowest BCUT2D eigenvalue weighted by molar-refractivity contribution is 0.175. The molecule has 1 aromatic rings. The van der Waals surface area contributed by atoms with E-state index in [1.54, 1.807) is 6.07 Å². The lowest BCUT2D eigenvalue weighted by Crippen LogP contribution is -2.19. The minimum atomic E-state index is -0.273. The van der Waals surface area contributed by atoms with Crippen molar-refractivity contribution in [2.45, 2.75) is 25.7 Å². The molecule has 16 heavy (non-hydrogen) atoms. The number of nitrogens with two attached hydrogens (primary N) is 1. The van der Waals surface area contributed by atoms with Gasteiger partial charge in [-0.25, -0.2) is 4.39 Å². The first kappa shape index (κ1) is 11.4. The molecule has 1 aromatic carbocycles. The van der Waals surface area contributed by atoms with Gasteiger partial charge in [-0.15, -0.1) is 0 Å². The summed E-state index contributed by atoms with van der Waals surface area (Å²) in [5.74, 6) is 0.723. The van der Waals surface area contributed by atoms with Crippen molar-refractivity contribution in [3.05, 3.63) is 29.6 Å². The molecule has 0 bridgehead atoms. The zero-order valence-corrected chi connectivity index (χ0v) is 9.42. The third-order valence-electron chi connectivity index (χ3n) is 3.13. The Morgan fingerprint density at radius 1 is 1.38 bits per heavy atom. The summed E-state index contributed by atoms with van der Waals surface area (Å²) in [5.41, 5.74) is 6.35. The van der Waals surface area contributed by atoms with Crippen LogP contribution in [0.2, 0.25) is 0 Å². The highest BCUT2D eigenvalue weighted by Gasteiger charge is 2.18. The third-order valence-corrected chi connectivity index (χ3v) is 3.13. The van der Waals surface area contributed by atoms with Crippen LogP contribution in [0.4, 0.5) is 4.39 Å². The van der Waals surface area contributed by atoms with Gasteiger partial charge in [-0.3, -0.25) is 0 Å². The smallest absolute Gasteiger partial charge is 0.165 e. The molecule has 0 atom stereocenters. The number of hydrogen-bond acceptors (Lipinski definition) is 2. The molecule has 88 valence electrons. The summed E-state index contributed by atoms with van der Waals surface area (Å²) < 4.78 is 19.0. The van der Waals surface area contributed by atoms with Crippen molar-refractivity contribution in [3.63, 3.8) is 0 Å². The van der Waals surface area contributed by atoms with Gasteiger partial charge in [-0.2, -0.15) is 0 Å². The Morgan fingerprint density at radius 2 is 2.19 bits per heavy atom. The Morgan fingerprint density at radius 3 is 2.75 bits per heavy atom. The van der Waals surface area contributed by atoms with Gasteiger partial charge in [-0.05, 0) is 49.4 Å². The van der Waals surface area contributed by atoms with Gasteiger partial charge < -0.3 is 10.5 Å². The van der Waals surface area contributed by atoms with Crippen molar-refractivity contribution in [1.82, 2.24) is 0 Å². The molecule has 1 saturated carbocycles. The second kappa shape index (κ2) is 5.30. The van der Waals surface area contributed by atoms with Gasteiger partial charge in [0.25, 0.3) is 0 Å². The molecule has 0 saturated heterocycles. The van der Waals surface area contributed by atoms with E-state index in [2.05, 4.69) is 0 Å². The summed E-state index contributed by atoms with van der Waals surface area (Å²) in [6.07, 6.45) is 4.42. The Bertz CT molecular complexity index is 350. The molecule has 0 radical (unpaired) electrons. The van der Waals surface area contributed by atoms with Crippen LogP contribution in [0.15, 0.2) is 18.2 Å². The van der Waals surface area contributed by atoms with E-state index < -0.39 is 0 Å². The molecule has 0 aliphatic heterocycles. The van der Waals surface area contributed by atoms with Gasteiger partial charge in [0.2, 0.25) is 0 Å². The average Bonchev–Trinajstić information content (AvgIpc) is 2.19. The second-order valence-corrected chi connectivity index (χ2v) is 4.41. The highest BCUT2D eigenvalue weighted by molar-refractivity contribution is 5.29. The molecular formula is C13H18FNO. The van der Waals surface area contributed by atoms with Crippen LogP contribution in [-0.4, -0.2) is 13.2 Å². The highest BCUT2D eigenvalue weighted by Crippen LogP contribution is 2.28. The van der Waals surface area contributed by atoms with Crippen molar-refractivity contribution in [1.29, 1.82) is 0 Å². The molecule has 2 rings (SSSR count). The molecule has 0 heterocycles. The summed E-state index contributed by atoms with van der Waals surface area (Å²) in [7, 11) is 0. The van der Waals surface area contributed by atoms with Crippen LogP contribution in [0.5, 0.6) is 5.75 Å². The number of ether oxygens (including phenoxy) is 1. The fourth-order valence-electron chi connectivity index (χ4n) is 1.85. The summed E-state index contributed by atoms with van der Waals surface area (Å²) in [6, 6.07) is 5.11. The molecular weight excluding hydrogens is 205 g/mol. The first-order chi connectivity index (χ1) is 7.79. The normalized spacial score (nSPS) is 15.9. The Labute approximate surface area is 95.6 Å². The van der Waals surface area contributed by atoms with Gasteiger partial charge in [-0.1, -0.05) is 12.5 Å². The quantitative estimate of drug-likeness (QED) is 0.832. The maximum absolute atomic E-state index is 13.6. The van der Waals surface area contributed by atoms with Gasteiger partial charge in [0.15, 0.2) is 11.6 Å². The predicted octanol–water partition coefficient (Wildman–Crippen LogP) is 2.51. The summed E-state index contributed by atoms with van der Waals surface area (Å²) in [5, 5.41) is 0. The maximum atomic E-state index is 13.6. The van der Waals surface area contributed by atoms with Crippen molar-refractivity contribution in [2.24, 2.45) is 11.7 Å². The summed E-state index contributed by atoms with van der Waals surface area (Å²) in [6.45, 7) is 1.19. The van der Waals surface area contributed by atoms with Crippen molar-refractivity contribution in [2.75, 3.05) is 13.2 Å². The molecule has 1 aliphatic rings. The lowest BCUT2D eigenvalue weighted by Gasteiger charge is -2.25. The van der Waals surface area contributed by atoms with Crippen LogP contribution in [0.3, 0.4) is 0 Å². The van der Waals surface area contributed by atoms with Crippen LogP contribution < -0.4 is 10.5 Å². The molecule has 1 aliphatic carbocycles. The SMILES string of the molecule is NCCc1ccc(OCC2CCC2)c(F)c1. The Hall–Kier alpha value is -1.09. The third kappa shape index (κ3) is 2.73. The molecule has 1 fully saturated rings. The summed E-state index contributed by atoms with van der Waals surface area (Å²) in [4.78, 5) is 0. The summed E-state index contributed by atoms with van der Waals surface area (Å²) >= 11 is 0. The molecule has 0 aromatic heterocycles. The topological polar surface area (TPSA) is 35.2 Å². The Balaban J connectivity index is 1.92. The standard InChI is InChI=1S/C13H18FNO/c14-12-8-10(6-7-15)4-5-13(12)16-9-11-2-1-3-11/h4-5,8,11H,1-3,6-7,9,15H2. The molecule has 0 spiro atoms. The molecule has 2 nitrogen and oxygen atoms in total. The van der Waals surface area contributed by atoms with E-state index in [4.69, 9.17) is 10.5 Å². The fraction of sp³-hybridized carbons (Fsp3) is 0.538. The minimum absolute atomic E-state index is 0.273. The first-order valence-electron chi connectivity index (χ1n) is 5.91. The zero-order chi connectivity index (χ0) is 11.4. The van der Waals surface area contributed by atoms with Crippen molar-refractivity contribution in [3.8, 4) is 5.75 Å². The predicted molar refractivity (Wildman–Crippen MR) is 62.0 cm³/mol. The average molecular weight is 223 g/mol. The largest absolute Gasteiger partial charge is 0.490 e. The van der Waals surface area contributed by atoms with Crippen LogP contribution in [0.1, 0.15) is 24.8 Å². The van der Waals surface area contributed by atoms with E-state index in [0.29, 0.717) is 31.2 Å². The number of benzene rings is 1. The van der Waals surface area contributed by atoms with Crippen LogP contribution in [0.25, 0.3) is 0 Å². The zero-order valence-electron chi connectivity index (χ0n) is 9.42. The molecule has 0 unspecified atom stereocenters. The van der Waals surface area contributed by atoms with Crippen LogP contribution in [0, 0.1) is 11.7 Å². The van der Waals surface area contributed by atoms with Gasteiger partial charge in [0.1, 0.15) is 0 Å². The van der Waals surface area contributed by atoms with E-state index in [1.807, 2.05) is 6.07 Å². The maximum Gasteiger partial charge on any atom is 0.165 e. The minimum Gasteiger partial charge on any atom is -0.490 e. The fourth-order valence-corrected chi connectivity index (χ4v) is 1.85. The highest BCUT2D eigenvalue weighted by atomic mass is 19.1. The van der Waals surface area contributed by atoms with Gasteiger partial charge in [0, 0.05) is 0 Å². The van der Waals surface area contributed by atoms with Crippen LogP contribution >= 0.6 is 0 Å². The lowest BCUT2D eigenvalue weighted by atomic mass is 9.86. The number of hydrogen-bond donors (Lipinski definition) is 1. The van der Waals surface area contributed by atoms with Crippen molar-refractivity contribution < 1.29 is 9.13 Å². The molecule has 2 N–H and O–H groups in total. The molecule has 3 heteroatoms. The van der Waals surface area contributed by atoms with E-state index in [9.17, 15) is 4.39 Å². The number of halogens is 1. The van der Waals surface area contributed by atoms with Crippen molar-refractivity contribution >= 4 is 0 Å². The first-order valence-corrected chi connectivity index (χ1v) is 5.91. The number of rotatable bonds is 5. The van der Waals surface area contributed by atoms with E-state index >= 15 is 0 Å². The van der Waals surface area contributed by atoms with Crippen LogP contribution in [-0.2, 0) is 6.42 Å². The van der Waals surface area contributed by atoms with Gasteiger partial charge >= 0.3 is 0 Å². The van der Waals surface area contributed by atoms with Gasteiger partial charge in [0.05, 0.1) is 6.61 Å². The second-order valence-electron chi connectivity index (χ2n) is 4.41. The van der Waals surface area contributed by atoms with E-state index in [-0.39, 0.29) is 5.82 Å². The van der Waals surface area contributed by atoms with E-state index in [1.165, 1.54) is 25.3 Å². The molecule has 0 amide bonds. The van der Waals surface area contributed by atoms with E-state index in [0.717, 1.165) is 5.56 Å². The Kier molecular flexibility index (Phi) is 3.78.